The van der Waals surface area contributed by atoms with Crippen LogP contribution in [0, 0.1) is 0 Å². The first kappa shape index (κ1) is 10.2. The van der Waals surface area contributed by atoms with Gasteiger partial charge >= 0.3 is 0 Å². The third kappa shape index (κ3) is 1.87. The quantitative estimate of drug-likeness (QED) is 0.617. The SMILES string of the molecule is Cl.FC1(F)C[C@H]2CNCCN2C1. The number of rotatable bonds is 0. The van der Waals surface area contributed by atoms with Gasteiger partial charge in [0.25, 0.3) is 5.92 Å². The second kappa shape index (κ2) is 3.44. The van der Waals surface area contributed by atoms with Crippen LogP contribution >= 0.6 is 12.4 Å². The molecule has 2 saturated heterocycles. The molecule has 0 unspecified atom stereocenters. The lowest BCUT2D eigenvalue weighted by molar-refractivity contribution is 0.0125. The molecule has 0 aromatic carbocycles. The summed E-state index contributed by atoms with van der Waals surface area (Å²) in [4.78, 5) is 1.89. The molecular weight excluding hydrogens is 186 g/mol. The van der Waals surface area contributed by atoms with E-state index in [1.54, 1.807) is 0 Å². The molecule has 2 aliphatic rings. The van der Waals surface area contributed by atoms with Gasteiger partial charge in [0, 0.05) is 32.1 Å². The number of fused-ring (bicyclic) bond motifs is 1. The van der Waals surface area contributed by atoms with Crippen LogP contribution in [0.3, 0.4) is 0 Å². The van der Waals surface area contributed by atoms with Crippen molar-refractivity contribution in [1.29, 1.82) is 0 Å². The summed E-state index contributed by atoms with van der Waals surface area (Å²) < 4.78 is 25.6. The average molecular weight is 199 g/mol. The van der Waals surface area contributed by atoms with Crippen molar-refractivity contribution in [3.63, 3.8) is 0 Å². The summed E-state index contributed by atoms with van der Waals surface area (Å²) >= 11 is 0. The van der Waals surface area contributed by atoms with Crippen LogP contribution in [0.5, 0.6) is 0 Å². The maximum Gasteiger partial charge on any atom is 0.262 e. The summed E-state index contributed by atoms with van der Waals surface area (Å²) in [6.45, 7) is 2.34. The lowest BCUT2D eigenvalue weighted by atomic mass is 10.1. The molecular formula is C7H13ClF2N2. The second-order valence-electron chi connectivity index (χ2n) is 3.39. The lowest BCUT2D eigenvalue weighted by Gasteiger charge is -2.28. The van der Waals surface area contributed by atoms with Crippen LogP contribution in [0.4, 0.5) is 8.78 Å². The minimum atomic E-state index is -2.43. The summed E-state index contributed by atoms with van der Waals surface area (Å²) in [6.07, 6.45) is 0.0417. The van der Waals surface area contributed by atoms with Crippen molar-refractivity contribution in [2.24, 2.45) is 0 Å². The number of nitrogens with one attached hydrogen (secondary N) is 1. The Kier molecular flexibility index (Phi) is 2.91. The van der Waals surface area contributed by atoms with Crippen molar-refractivity contribution in [2.45, 2.75) is 18.4 Å². The zero-order valence-electron chi connectivity index (χ0n) is 6.72. The zero-order chi connectivity index (χ0) is 7.90. The maximum absolute atomic E-state index is 12.8. The summed E-state index contributed by atoms with van der Waals surface area (Å²) in [5.74, 6) is -2.43. The second-order valence-corrected chi connectivity index (χ2v) is 3.39. The smallest absolute Gasteiger partial charge is 0.262 e. The van der Waals surface area contributed by atoms with E-state index in [9.17, 15) is 8.78 Å². The van der Waals surface area contributed by atoms with E-state index in [2.05, 4.69) is 5.32 Å². The van der Waals surface area contributed by atoms with Crippen LogP contribution in [0.15, 0.2) is 0 Å². The Morgan fingerprint density at radius 2 is 2.17 bits per heavy atom. The van der Waals surface area contributed by atoms with Crippen LogP contribution in [-0.4, -0.2) is 43.0 Å². The first-order valence-corrected chi connectivity index (χ1v) is 4.00. The number of hydrogen-bond acceptors (Lipinski definition) is 2. The third-order valence-corrected chi connectivity index (χ3v) is 2.44. The highest BCUT2D eigenvalue weighted by molar-refractivity contribution is 5.85. The van der Waals surface area contributed by atoms with Crippen molar-refractivity contribution in [3.8, 4) is 0 Å². The topological polar surface area (TPSA) is 15.3 Å². The normalized spacial score (nSPS) is 34.0. The number of nitrogens with zero attached hydrogens (tertiary/aromatic N) is 1. The maximum atomic E-state index is 12.8. The van der Waals surface area contributed by atoms with E-state index in [0.29, 0.717) is 0 Å². The van der Waals surface area contributed by atoms with Gasteiger partial charge in [-0.25, -0.2) is 8.78 Å². The van der Waals surface area contributed by atoms with Crippen LogP contribution in [0.25, 0.3) is 0 Å². The first-order chi connectivity index (χ1) is 5.17. The number of halogens is 3. The Morgan fingerprint density at radius 3 is 2.83 bits per heavy atom. The van der Waals surface area contributed by atoms with Gasteiger partial charge in [-0.3, -0.25) is 4.90 Å². The Balaban J connectivity index is 0.000000720. The molecule has 0 spiro atoms. The number of hydrogen-bond donors (Lipinski definition) is 1. The average Bonchev–Trinajstić information content (AvgIpc) is 2.21. The van der Waals surface area contributed by atoms with Crippen LogP contribution < -0.4 is 5.32 Å². The molecule has 1 atom stereocenters. The molecule has 5 heteroatoms. The molecule has 0 radical (unpaired) electrons. The molecule has 0 aromatic heterocycles. The highest BCUT2D eigenvalue weighted by Crippen LogP contribution is 2.32. The summed E-state index contributed by atoms with van der Waals surface area (Å²) in [7, 11) is 0. The van der Waals surface area contributed by atoms with Gasteiger partial charge in [0.1, 0.15) is 0 Å². The number of piperazine rings is 1. The van der Waals surface area contributed by atoms with Gasteiger partial charge < -0.3 is 5.32 Å². The van der Waals surface area contributed by atoms with Crippen molar-refractivity contribution >= 4 is 12.4 Å². The number of alkyl halides is 2. The Bertz CT molecular complexity index is 149. The predicted molar refractivity (Wildman–Crippen MR) is 45.0 cm³/mol. The van der Waals surface area contributed by atoms with E-state index in [-0.39, 0.29) is 31.4 Å². The molecule has 2 nitrogen and oxygen atoms in total. The monoisotopic (exact) mass is 198 g/mol. The Morgan fingerprint density at radius 1 is 1.42 bits per heavy atom. The van der Waals surface area contributed by atoms with Crippen LogP contribution in [0.2, 0.25) is 0 Å². The minimum absolute atomic E-state index is 0. The Labute approximate surface area is 76.7 Å². The van der Waals surface area contributed by atoms with Gasteiger partial charge in [0.05, 0.1) is 6.54 Å². The molecule has 0 amide bonds. The van der Waals surface area contributed by atoms with E-state index >= 15 is 0 Å². The molecule has 2 fully saturated rings. The molecule has 72 valence electrons. The molecule has 0 saturated carbocycles. The zero-order valence-corrected chi connectivity index (χ0v) is 7.54. The largest absolute Gasteiger partial charge is 0.314 e. The van der Waals surface area contributed by atoms with Gasteiger partial charge in [-0.15, -0.1) is 12.4 Å². The van der Waals surface area contributed by atoms with Crippen molar-refractivity contribution in [2.75, 3.05) is 26.2 Å². The highest BCUT2D eigenvalue weighted by Gasteiger charge is 2.45. The molecule has 12 heavy (non-hydrogen) atoms. The molecule has 0 bridgehead atoms. The molecule has 1 N–H and O–H groups in total. The summed E-state index contributed by atoms with van der Waals surface area (Å²) in [6, 6.07) is 0.0822. The molecule has 2 aliphatic heterocycles. The van der Waals surface area contributed by atoms with E-state index in [0.717, 1.165) is 19.6 Å². The fourth-order valence-electron chi connectivity index (χ4n) is 1.92. The molecule has 2 heterocycles. The molecule has 0 aromatic rings. The minimum Gasteiger partial charge on any atom is -0.314 e. The standard InChI is InChI=1S/C7H12F2N2.ClH/c8-7(9)3-6-4-10-1-2-11(6)5-7;/h6,10H,1-5H2;1H/t6-;/m0./s1. The van der Waals surface area contributed by atoms with E-state index in [1.807, 2.05) is 4.90 Å². The molecule has 2 rings (SSSR count). The van der Waals surface area contributed by atoms with Gasteiger partial charge in [-0.05, 0) is 0 Å². The Hall–Kier alpha value is 0.0700. The lowest BCUT2D eigenvalue weighted by Crippen LogP contribution is -2.47. The fourth-order valence-corrected chi connectivity index (χ4v) is 1.92. The molecule has 0 aliphatic carbocycles. The fraction of sp³-hybridized carbons (Fsp3) is 1.00. The van der Waals surface area contributed by atoms with Gasteiger partial charge in [0.15, 0.2) is 0 Å². The van der Waals surface area contributed by atoms with E-state index in [1.165, 1.54) is 0 Å². The summed E-state index contributed by atoms with van der Waals surface area (Å²) in [5.41, 5.74) is 0. The van der Waals surface area contributed by atoms with Crippen molar-refractivity contribution < 1.29 is 8.78 Å². The highest BCUT2D eigenvalue weighted by atomic mass is 35.5. The van der Waals surface area contributed by atoms with Crippen molar-refractivity contribution in [3.05, 3.63) is 0 Å². The summed E-state index contributed by atoms with van der Waals surface area (Å²) in [5, 5.41) is 3.12. The van der Waals surface area contributed by atoms with Gasteiger partial charge in [-0.2, -0.15) is 0 Å². The van der Waals surface area contributed by atoms with Crippen LogP contribution in [-0.2, 0) is 0 Å². The van der Waals surface area contributed by atoms with Crippen LogP contribution in [0.1, 0.15) is 6.42 Å². The van der Waals surface area contributed by atoms with Gasteiger partial charge in [-0.1, -0.05) is 0 Å². The third-order valence-electron chi connectivity index (χ3n) is 2.44. The predicted octanol–water partition coefficient (Wildman–Crippen LogP) is 0.721. The van der Waals surface area contributed by atoms with Gasteiger partial charge in [0.2, 0.25) is 0 Å². The van der Waals surface area contributed by atoms with E-state index in [4.69, 9.17) is 0 Å². The first-order valence-electron chi connectivity index (χ1n) is 4.00. The van der Waals surface area contributed by atoms with E-state index < -0.39 is 5.92 Å². The van der Waals surface area contributed by atoms with Crippen molar-refractivity contribution in [1.82, 2.24) is 10.2 Å².